The van der Waals surface area contributed by atoms with Crippen LogP contribution in [0.3, 0.4) is 0 Å². The third kappa shape index (κ3) is 3.23. The van der Waals surface area contributed by atoms with Crippen molar-refractivity contribution in [1.29, 1.82) is 0 Å². The molecule has 0 aliphatic heterocycles. The van der Waals surface area contributed by atoms with Gasteiger partial charge in [0, 0.05) is 11.6 Å². The second kappa shape index (κ2) is 6.20. The molecule has 0 saturated heterocycles. The molecule has 1 fully saturated rings. The molecule has 120 valence electrons. The Balaban J connectivity index is 1.73. The van der Waals surface area contributed by atoms with E-state index in [0.717, 1.165) is 0 Å². The van der Waals surface area contributed by atoms with Gasteiger partial charge in [-0.15, -0.1) is 0 Å². The number of H-pyrrole nitrogens is 1. The van der Waals surface area contributed by atoms with Crippen LogP contribution in [0.2, 0.25) is 0 Å². The first kappa shape index (κ1) is 15.2. The summed E-state index contributed by atoms with van der Waals surface area (Å²) in [5.41, 5.74) is 1.52. The van der Waals surface area contributed by atoms with Gasteiger partial charge in [0.05, 0.1) is 23.4 Å². The number of aromatic amines is 1. The van der Waals surface area contributed by atoms with E-state index in [9.17, 15) is 14.0 Å². The number of carboxylic acids is 1. The summed E-state index contributed by atoms with van der Waals surface area (Å²) < 4.78 is 13.0. The van der Waals surface area contributed by atoms with Crippen LogP contribution in [0.5, 0.6) is 0 Å². The highest BCUT2D eigenvalue weighted by Gasteiger charge is 2.31. The minimum Gasteiger partial charge on any atom is -0.481 e. The minimum atomic E-state index is -0.822. The Morgan fingerprint density at radius 2 is 2.00 bits per heavy atom. The predicted octanol–water partition coefficient (Wildman–Crippen LogP) is 2.20. The van der Waals surface area contributed by atoms with Crippen LogP contribution in [0.25, 0.3) is 11.3 Å². The molecule has 2 aromatic rings. The summed E-state index contributed by atoms with van der Waals surface area (Å²) in [7, 11) is 0. The fraction of sp³-hybridized carbons (Fsp3) is 0.312. The molecule has 1 aliphatic rings. The first-order valence-electron chi connectivity index (χ1n) is 7.37. The number of aromatic nitrogens is 2. The number of nitrogens with zero attached hydrogens (tertiary/aromatic N) is 1. The van der Waals surface area contributed by atoms with E-state index in [0.29, 0.717) is 36.1 Å². The van der Waals surface area contributed by atoms with E-state index in [4.69, 9.17) is 5.11 Å². The molecule has 3 N–H and O–H groups in total. The standard InChI is InChI=1S/C16H16FN3O3/c17-11-4-1-9(2-5-11)14-13(8-18-20-14)15(21)19-12-6-3-10(7-12)16(22)23/h1-2,4-5,8,10,12H,3,6-7H2,(H,18,20)(H,19,21)(H,22,23)/t10-,12+/m0/s1. The Labute approximate surface area is 131 Å². The Kier molecular flexibility index (Phi) is 4.10. The molecular formula is C16H16FN3O3. The van der Waals surface area contributed by atoms with Gasteiger partial charge in [-0.25, -0.2) is 4.39 Å². The zero-order chi connectivity index (χ0) is 16.4. The first-order chi connectivity index (χ1) is 11.0. The van der Waals surface area contributed by atoms with Crippen molar-refractivity contribution in [2.75, 3.05) is 0 Å². The van der Waals surface area contributed by atoms with Gasteiger partial charge in [0.1, 0.15) is 5.82 Å². The maximum Gasteiger partial charge on any atom is 0.306 e. The maximum atomic E-state index is 13.0. The highest BCUT2D eigenvalue weighted by atomic mass is 19.1. The van der Waals surface area contributed by atoms with Crippen molar-refractivity contribution in [3.05, 3.63) is 41.8 Å². The molecule has 0 radical (unpaired) electrons. The number of carboxylic acid groups (broad SMARTS) is 1. The normalized spacial score (nSPS) is 20.4. The first-order valence-corrected chi connectivity index (χ1v) is 7.37. The van der Waals surface area contributed by atoms with E-state index in [2.05, 4.69) is 15.5 Å². The Hall–Kier alpha value is -2.70. The topological polar surface area (TPSA) is 95.1 Å². The highest BCUT2D eigenvalue weighted by Crippen LogP contribution is 2.27. The van der Waals surface area contributed by atoms with Crippen molar-refractivity contribution in [3.8, 4) is 11.3 Å². The lowest BCUT2D eigenvalue weighted by Gasteiger charge is -2.12. The fourth-order valence-corrected chi connectivity index (χ4v) is 2.89. The molecule has 1 saturated carbocycles. The lowest BCUT2D eigenvalue weighted by molar-refractivity contribution is -0.141. The lowest BCUT2D eigenvalue weighted by Crippen LogP contribution is -2.33. The molecule has 1 aliphatic carbocycles. The summed E-state index contributed by atoms with van der Waals surface area (Å²) in [4.78, 5) is 23.4. The van der Waals surface area contributed by atoms with E-state index in [1.165, 1.54) is 18.3 Å². The summed E-state index contributed by atoms with van der Waals surface area (Å²) in [6, 6.07) is 5.60. The molecule has 0 spiro atoms. The molecule has 1 amide bonds. The summed E-state index contributed by atoms with van der Waals surface area (Å²) in [5.74, 6) is -1.89. The molecule has 1 aromatic heterocycles. The zero-order valence-electron chi connectivity index (χ0n) is 12.3. The molecular weight excluding hydrogens is 301 g/mol. The average molecular weight is 317 g/mol. The number of carbonyl (C=O) groups is 2. The van der Waals surface area contributed by atoms with E-state index >= 15 is 0 Å². The molecule has 7 heteroatoms. The van der Waals surface area contributed by atoms with Crippen molar-refractivity contribution in [2.24, 2.45) is 5.92 Å². The third-order valence-corrected chi connectivity index (χ3v) is 4.13. The van der Waals surface area contributed by atoms with Gasteiger partial charge < -0.3 is 10.4 Å². The van der Waals surface area contributed by atoms with Gasteiger partial charge in [-0.05, 0) is 43.5 Å². The monoisotopic (exact) mass is 317 g/mol. The number of amides is 1. The van der Waals surface area contributed by atoms with Crippen molar-refractivity contribution in [2.45, 2.75) is 25.3 Å². The molecule has 23 heavy (non-hydrogen) atoms. The molecule has 0 bridgehead atoms. The van der Waals surface area contributed by atoms with E-state index in [1.807, 2.05) is 0 Å². The number of rotatable bonds is 4. The molecule has 2 atom stereocenters. The molecule has 0 unspecified atom stereocenters. The summed E-state index contributed by atoms with van der Waals surface area (Å²) >= 11 is 0. The quantitative estimate of drug-likeness (QED) is 0.805. The largest absolute Gasteiger partial charge is 0.481 e. The minimum absolute atomic E-state index is 0.153. The number of hydrogen-bond acceptors (Lipinski definition) is 3. The third-order valence-electron chi connectivity index (χ3n) is 4.13. The second-order valence-electron chi connectivity index (χ2n) is 5.68. The Morgan fingerprint density at radius 3 is 2.65 bits per heavy atom. The number of carbonyl (C=O) groups excluding carboxylic acids is 1. The summed E-state index contributed by atoms with van der Waals surface area (Å²) in [6.07, 6.45) is 3.06. The summed E-state index contributed by atoms with van der Waals surface area (Å²) in [6.45, 7) is 0. The van der Waals surface area contributed by atoms with E-state index in [-0.39, 0.29) is 17.8 Å². The van der Waals surface area contributed by atoms with E-state index < -0.39 is 11.9 Å². The van der Waals surface area contributed by atoms with Gasteiger partial charge in [-0.2, -0.15) is 5.10 Å². The van der Waals surface area contributed by atoms with E-state index in [1.54, 1.807) is 12.1 Å². The molecule has 1 aromatic carbocycles. The lowest BCUT2D eigenvalue weighted by atomic mass is 10.1. The van der Waals surface area contributed by atoms with Gasteiger partial charge in [0.2, 0.25) is 0 Å². The predicted molar refractivity (Wildman–Crippen MR) is 80.2 cm³/mol. The Bertz CT molecular complexity index is 726. The average Bonchev–Trinajstić information content (AvgIpc) is 3.16. The Morgan fingerprint density at radius 1 is 1.26 bits per heavy atom. The number of nitrogens with one attached hydrogen (secondary N) is 2. The van der Waals surface area contributed by atoms with Crippen molar-refractivity contribution < 1.29 is 19.1 Å². The van der Waals surface area contributed by atoms with Gasteiger partial charge >= 0.3 is 5.97 Å². The fourth-order valence-electron chi connectivity index (χ4n) is 2.89. The van der Waals surface area contributed by atoms with Gasteiger partial charge in [-0.1, -0.05) is 0 Å². The van der Waals surface area contributed by atoms with Crippen LogP contribution in [0, 0.1) is 11.7 Å². The van der Waals surface area contributed by atoms with Crippen molar-refractivity contribution in [1.82, 2.24) is 15.5 Å². The molecule has 1 heterocycles. The highest BCUT2D eigenvalue weighted by molar-refractivity contribution is 5.99. The van der Waals surface area contributed by atoms with Crippen LogP contribution in [-0.4, -0.2) is 33.2 Å². The molecule has 6 nitrogen and oxygen atoms in total. The van der Waals surface area contributed by atoms with Gasteiger partial charge in [0.15, 0.2) is 0 Å². The number of benzene rings is 1. The smallest absolute Gasteiger partial charge is 0.306 e. The van der Waals surface area contributed by atoms with Crippen LogP contribution in [-0.2, 0) is 4.79 Å². The van der Waals surface area contributed by atoms with Crippen LogP contribution in [0.4, 0.5) is 4.39 Å². The van der Waals surface area contributed by atoms with Gasteiger partial charge in [0.25, 0.3) is 5.91 Å². The van der Waals surface area contributed by atoms with Crippen LogP contribution in [0.1, 0.15) is 29.6 Å². The summed E-state index contributed by atoms with van der Waals surface area (Å²) in [5, 5.41) is 18.5. The number of halogens is 1. The SMILES string of the molecule is O=C(N[C@@H]1CC[C@H](C(=O)O)C1)c1cn[nH]c1-c1ccc(F)cc1. The van der Waals surface area contributed by atoms with Crippen LogP contribution >= 0.6 is 0 Å². The van der Waals surface area contributed by atoms with Crippen molar-refractivity contribution in [3.63, 3.8) is 0 Å². The van der Waals surface area contributed by atoms with Crippen molar-refractivity contribution >= 4 is 11.9 Å². The maximum absolute atomic E-state index is 13.0. The number of aliphatic carboxylic acids is 1. The molecule has 3 rings (SSSR count). The van der Waals surface area contributed by atoms with Gasteiger partial charge in [-0.3, -0.25) is 14.7 Å². The second-order valence-corrected chi connectivity index (χ2v) is 5.68. The van der Waals surface area contributed by atoms with Crippen LogP contribution < -0.4 is 5.32 Å². The zero-order valence-corrected chi connectivity index (χ0v) is 12.3. The number of hydrogen-bond donors (Lipinski definition) is 3. The van der Waals surface area contributed by atoms with Crippen LogP contribution in [0.15, 0.2) is 30.5 Å².